The van der Waals surface area contributed by atoms with Crippen LogP contribution in [0, 0.1) is 18.3 Å². The van der Waals surface area contributed by atoms with E-state index in [1.54, 1.807) is 12.1 Å². The molecule has 4 nitrogen and oxygen atoms in total. The van der Waals surface area contributed by atoms with E-state index in [2.05, 4.69) is 4.98 Å². The number of furan rings is 1. The van der Waals surface area contributed by atoms with Crippen molar-refractivity contribution in [1.29, 1.82) is 5.26 Å². The fourth-order valence-electron chi connectivity index (χ4n) is 2.37. The number of rotatable bonds is 3. The summed E-state index contributed by atoms with van der Waals surface area (Å²) in [5.41, 5.74) is 2.22. The predicted octanol–water partition coefficient (Wildman–Crippen LogP) is 3.86. The molecule has 3 aromatic rings. The van der Waals surface area contributed by atoms with Crippen molar-refractivity contribution in [3.8, 4) is 6.07 Å². The van der Waals surface area contributed by atoms with Crippen molar-refractivity contribution in [2.75, 3.05) is 0 Å². The number of fused-ring (bicyclic) bond motifs is 1. The average Bonchev–Trinajstić information content (AvgIpc) is 3.10. The lowest BCUT2D eigenvalue weighted by molar-refractivity contribution is 0.104. The summed E-state index contributed by atoms with van der Waals surface area (Å²) < 4.78 is 5.16. The summed E-state index contributed by atoms with van der Waals surface area (Å²) >= 11 is 0. The van der Waals surface area contributed by atoms with E-state index in [1.165, 1.54) is 12.3 Å². The van der Waals surface area contributed by atoms with Crippen molar-refractivity contribution < 1.29 is 9.21 Å². The molecule has 0 amide bonds. The van der Waals surface area contributed by atoms with E-state index in [-0.39, 0.29) is 11.4 Å². The molecule has 2 heterocycles. The van der Waals surface area contributed by atoms with Gasteiger partial charge in [0.05, 0.1) is 11.8 Å². The number of hydrogen-bond acceptors (Lipinski definition) is 3. The number of para-hydroxylation sites is 1. The topological polar surface area (TPSA) is 69.8 Å². The van der Waals surface area contributed by atoms with Gasteiger partial charge in [0.1, 0.15) is 17.4 Å². The third-order valence-corrected chi connectivity index (χ3v) is 3.32. The van der Waals surface area contributed by atoms with Gasteiger partial charge in [0.2, 0.25) is 5.78 Å². The maximum atomic E-state index is 12.6. The lowest BCUT2D eigenvalue weighted by Gasteiger charge is -1.99. The number of Topliss-reactive ketones (excluding diaryl/α,β-unsaturated/α-hetero) is 1. The number of aryl methyl sites for hydroxylation is 1. The monoisotopic (exact) mass is 276 g/mol. The van der Waals surface area contributed by atoms with Crippen molar-refractivity contribution >= 4 is 22.8 Å². The Morgan fingerprint density at radius 1 is 1.29 bits per heavy atom. The quantitative estimate of drug-likeness (QED) is 0.448. The molecule has 3 rings (SSSR count). The number of nitrogens with one attached hydrogen (secondary N) is 1. The first-order valence-corrected chi connectivity index (χ1v) is 6.48. The molecule has 21 heavy (non-hydrogen) atoms. The number of hydrogen-bond donors (Lipinski definition) is 1. The van der Waals surface area contributed by atoms with E-state index in [0.29, 0.717) is 11.3 Å². The Hall–Kier alpha value is -3.06. The zero-order valence-electron chi connectivity index (χ0n) is 11.4. The SMILES string of the molecule is Cc1[nH]c2ccccc2c1C(=O)/C(C#N)=C\c1ccco1. The van der Waals surface area contributed by atoms with E-state index >= 15 is 0 Å². The second-order valence-electron chi connectivity index (χ2n) is 4.68. The van der Waals surface area contributed by atoms with Gasteiger partial charge in [-0.15, -0.1) is 0 Å². The van der Waals surface area contributed by atoms with Gasteiger partial charge in [0.15, 0.2) is 0 Å². The fourth-order valence-corrected chi connectivity index (χ4v) is 2.37. The highest BCUT2D eigenvalue weighted by Gasteiger charge is 2.19. The summed E-state index contributed by atoms with van der Waals surface area (Å²) in [5.74, 6) is 0.182. The number of H-pyrrole nitrogens is 1. The van der Waals surface area contributed by atoms with Crippen molar-refractivity contribution in [1.82, 2.24) is 4.98 Å². The molecule has 0 aliphatic rings. The average molecular weight is 276 g/mol. The van der Waals surface area contributed by atoms with Gasteiger partial charge in [0.25, 0.3) is 0 Å². The minimum absolute atomic E-state index is 0.0535. The molecule has 102 valence electrons. The number of aromatic amines is 1. The van der Waals surface area contributed by atoms with Crippen LogP contribution in [0.5, 0.6) is 0 Å². The number of nitrogens with zero attached hydrogens (tertiary/aromatic N) is 1. The van der Waals surface area contributed by atoms with Crippen molar-refractivity contribution in [2.24, 2.45) is 0 Å². The molecule has 0 spiro atoms. The first-order valence-electron chi connectivity index (χ1n) is 6.48. The molecule has 2 aromatic heterocycles. The van der Waals surface area contributed by atoms with Gasteiger partial charge in [-0.1, -0.05) is 18.2 Å². The first-order chi connectivity index (χ1) is 10.2. The number of carbonyl (C=O) groups excluding carboxylic acids is 1. The van der Waals surface area contributed by atoms with E-state index in [0.717, 1.165) is 16.6 Å². The van der Waals surface area contributed by atoms with Crippen LogP contribution >= 0.6 is 0 Å². The molecule has 0 fully saturated rings. The number of carbonyl (C=O) groups is 1. The van der Waals surface area contributed by atoms with E-state index in [4.69, 9.17) is 4.42 Å². The second kappa shape index (κ2) is 5.14. The van der Waals surface area contributed by atoms with Crippen LogP contribution in [0.1, 0.15) is 21.8 Å². The second-order valence-corrected chi connectivity index (χ2v) is 4.68. The van der Waals surface area contributed by atoms with Gasteiger partial charge in [-0.2, -0.15) is 5.26 Å². The Balaban J connectivity index is 2.12. The molecule has 0 aliphatic carbocycles. The Morgan fingerprint density at radius 2 is 2.10 bits per heavy atom. The van der Waals surface area contributed by atoms with Crippen LogP contribution in [0.15, 0.2) is 52.7 Å². The summed E-state index contributed by atoms with van der Waals surface area (Å²) in [7, 11) is 0. The fraction of sp³-hybridized carbons (Fsp3) is 0.0588. The Labute approximate surface area is 121 Å². The van der Waals surface area contributed by atoms with Crippen LogP contribution in [0.25, 0.3) is 17.0 Å². The van der Waals surface area contributed by atoms with Crippen molar-refractivity contribution in [3.05, 3.63) is 65.3 Å². The van der Waals surface area contributed by atoms with Crippen LogP contribution < -0.4 is 0 Å². The third kappa shape index (κ3) is 2.26. The Morgan fingerprint density at radius 3 is 2.81 bits per heavy atom. The number of allylic oxidation sites excluding steroid dienone is 1. The van der Waals surface area contributed by atoms with Crippen LogP contribution in [-0.2, 0) is 0 Å². The predicted molar refractivity (Wildman–Crippen MR) is 79.7 cm³/mol. The summed E-state index contributed by atoms with van der Waals surface area (Å²) in [4.78, 5) is 15.8. The molecule has 0 bridgehead atoms. The summed E-state index contributed by atoms with van der Waals surface area (Å²) in [6.07, 6.45) is 2.96. The summed E-state index contributed by atoms with van der Waals surface area (Å²) in [6, 6.07) is 12.9. The molecule has 4 heteroatoms. The largest absolute Gasteiger partial charge is 0.465 e. The van der Waals surface area contributed by atoms with Crippen molar-refractivity contribution in [2.45, 2.75) is 6.92 Å². The van der Waals surface area contributed by atoms with Crippen LogP contribution in [-0.4, -0.2) is 10.8 Å². The van der Waals surface area contributed by atoms with E-state index in [9.17, 15) is 10.1 Å². The summed E-state index contributed by atoms with van der Waals surface area (Å²) in [6.45, 7) is 1.83. The lowest BCUT2D eigenvalue weighted by Crippen LogP contribution is -2.03. The van der Waals surface area contributed by atoms with Crippen molar-refractivity contribution in [3.63, 3.8) is 0 Å². The minimum Gasteiger partial charge on any atom is -0.465 e. The van der Waals surface area contributed by atoms with Gasteiger partial charge < -0.3 is 9.40 Å². The minimum atomic E-state index is -0.302. The van der Waals surface area contributed by atoms with E-state index < -0.39 is 0 Å². The van der Waals surface area contributed by atoms with E-state index in [1.807, 2.05) is 37.3 Å². The lowest BCUT2D eigenvalue weighted by atomic mass is 10.0. The maximum Gasteiger partial charge on any atom is 0.206 e. The molecule has 0 saturated carbocycles. The number of benzene rings is 1. The van der Waals surface area contributed by atoms with Crippen LogP contribution in [0.2, 0.25) is 0 Å². The van der Waals surface area contributed by atoms with Gasteiger partial charge >= 0.3 is 0 Å². The molecule has 0 atom stereocenters. The zero-order chi connectivity index (χ0) is 14.8. The molecule has 0 unspecified atom stereocenters. The highest BCUT2D eigenvalue weighted by molar-refractivity contribution is 6.20. The number of aromatic nitrogens is 1. The molecule has 0 radical (unpaired) electrons. The molecular weight excluding hydrogens is 264 g/mol. The highest BCUT2D eigenvalue weighted by Crippen LogP contribution is 2.25. The molecule has 1 N–H and O–H groups in total. The Bertz CT molecular complexity index is 877. The van der Waals surface area contributed by atoms with Gasteiger partial charge in [-0.3, -0.25) is 4.79 Å². The van der Waals surface area contributed by atoms with Gasteiger partial charge in [-0.25, -0.2) is 0 Å². The van der Waals surface area contributed by atoms with Crippen LogP contribution in [0.4, 0.5) is 0 Å². The first kappa shape index (κ1) is 12.9. The molecule has 0 aliphatic heterocycles. The summed E-state index contributed by atoms with van der Waals surface area (Å²) in [5, 5.41) is 10.1. The third-order valence-electron chi connectivity index (χ3n) is 3.32. The van der Waals surface area contributed by atoms with Gasteiger partial charge in [-0.05, 0) is 25.1 Å². The maximum absolute atomic E-state index is 12.6. The zero-order valence-corrected chi connectivity index (χ0v) is 11.4. The smallest absolute Gasteiger partial charge is 0.206 e. The standard InChI is InChI=1S/C17H12N2O2/c1-11-16(14-6-2-3-7-15(14)19-11)17(20)12(10-18)9-13-5-4-8-21-13/h2-9,19H,1H3/b12-9-. The molecule has 1 aromatic carbocycles. The normalized spacial score (nSPS) is 11.5. The number of ketones is 1. The Kier molecular flexibility index (Phi) is 3.17. The van der Waals surface area contributed by atoms with Crippen LogP contribution in [0.3, 0.4) is 0 Å². The number of nitriles is 1. The highest BCUT2D eigenvalue weighted by atomic mass is 16.3. The molecular formula is C17H12N2O2. The van der Waals surface area contributed by atoms with Gasteiger partial charge in [0, 0.05) is 22.7 Å². The molecule has 0 saturated heterocycles.